The Hall–Kier alpha value is -3.59. The first-order chi connectivity index (χ1) is 12.2. The number of amides is 1. The van der Waals surface area contributed by atoms with Gasteiger partial charge in [-0.1, -0.05) is 48.5 Å². The first-order valence-electron chi connectivity index (χ1n) is 7.86. The fraction of sp³-hybridized carbons (Fsp3) is 0.105. The molecule has 2 atom stereocenters. The third-order valence-corrected chi connectivity index (χ3v) is 4.41. The molecule has 0 fully saturated rings. The number of anilines is 1. The smallest absolute Gasteiger partial charge is 0.277 e. The van der Waals surface area contributed by atoms with Gasteiger partial charge in [0.25, 0.3) is 5.56 Å². The molecule has 6 heteroatoms. The monoisotopic (exact) mass is 330 g/mol. The zero-order valence-corrected chi connectivity index (χ0v) is 13.1. The average molecular weight is 330 g/mol. The molecule has 0 radical (unpaired) electrons. The summed E-state index contributed by atoms with van der Waals surface area (Å²) in [5, 5.41) is 15.1. The number of fused-ring (bicyclic) bond motifs is 1. The summed E-state index contributed by atoms with van der Waals surface area (Å²) in [7, 11) is 0. The van der Waals surface area contributed by atoms with Crippen molar-refractivity contribution in [2.45, 2.75) is 5.92 Å². The SMILES string of the molecule is N#C[C@H]1C(=O)Nc2[nH]n(-c3ccccc3)c(=O)c2[C@H]1c1ccccc1. The third-order valence-electron chi connectivity index (χ3n) is 4.41. The van der Waals surface area contributed by atoms with E-state index >= 15 is 0 Å². The Balaban J connectivity index is 1.95. The summed E-state index contributed by atoms with van der Waals surface area (Å²) in [5.74, 6) is -1.63. The van der Waals surface area contributed by atoms with Crippen LogP contribution in [-0.4, -0.2) is 15.7 Å². The van der Waals surface area contributed by atoms with Gasteiger partial charge in [0.05, 0.1) is 17.3 Å². The van der Waals surface area contributed by atoms with Crippen molar-refractivity contribution >= 4 is 11.7 Å². The maximum atomic E-state index is 13.0. The van der Waals surface area contributed by atoms with Crippen LogP contribution < -0.4 is 10.9 Å². The molecule has 2 aromatic carbocycles. The van der Waals surface area contributed by atoms with Crippen LogP contribution in [0.2, 0.25) is 0 Å². The maximum Gasteiger partial charge on any atom is 0.277 e. The minimum absolute atomic E-state index is 0.268. The van der Waals surface area contributed by atoms with Crippen LogP contribution in [-0.2, 0) is 4.79 Å². The van der Waals surface area contributed by atoms with Gasteiger partial charge in [-0.15, -0.1) is 0 Å². The first kappa shape index (κ1) is 15.0. The van der Waals surface area contributed by atoms with Crippen molar-refractivity contribution in [1.82, 2.24) is 9.78 Å². The lowest BCUT2D eigenvalue weighted by Gasteiger charge is -2.25. The summed E-state index contributed by atoms with van der Waals surface area (Å²) in [6.45, 7) is 0. The van der Waals surface area contributed by atoms with Gasteiger partial charge in [-0.05, 0) is 17.7 Å². The molecule has 3 aromatic rings. The number of aromatic nitrogens is 2. The van der Waals surface area contributed by atoms with E-state index < -0.39 is 17.7 Å². The molecule has 4 rings (SSSR count). The number of carbonyl (C=O) groups excluding carboxylic acids is 1. The van der Waals surface area contributed by atoms with Crippen molar-refractivity contribution in [3.05, 3.63) is 82.1 Å². The highest BCUT2D eigenvalue weighted by atomic mass is 16.2. The summed E-state index contributed by atoms with van der Waals surface area (Å²) in [6.07, 6.45) is 0. The number of rotatable bonds is 2. The van der Waals surface area contributed by atoms with Crippen LogP contribution >= 0.6 is 0 Å². The molecule has 1 aromatic heterocycles. The fourth-order valence-electron chi connectivity index (χ4n) is 3.26. The maximum absolute atomic E-state index is 13.0. The summed E-state index contributed by atoms with van der Waals surface area (Å²) < 4.78 is 1.39. The number of H-pyrrole nitrogens is 1. The lowest BCUT2D eigenvalue weighted by molar-refractivity contribution is -0.119. The number of nitrogens with one attached hydrogen (secondary N) is 2. The van der Waals surface area contributed by atoms with Crippen molar-refractivity contribution in [3.63, 3.8) is 0 Å². The van der Waals surface area contributed by atoms with Crippen molar-refractivity contribution in [1.29, 1.82) is 5.26 Å². The van der Waals surface area contributed by atoms with Crippen LogP contribution in [0.5, 0.6) is 0 Å². The molecular formula is C19H14N4O2. The molecule has 0 spiro atoms. The number of nitriles is 1. The van der Waals surface area contributed by atoms with Gasteiger partial charge < -0.3 is 5.32 Å². The van der Waals surface area contributed by atoms with Crippen LogP contribution in [0.25, 0.3) is 5.69 Å². The number of benzene rings is 2. The van der Waals surface area contributed by atoms with Gasteiger partial charge >= 0.3 is 0 Å². The van der Waals surface area contributed by atoms with Gasteiger partial charge in [-0.2, -0.15) is 5.26 Å². The van der Waals surface area contributed by atoms with E-state index in [1.807, 2.05) is 54.6 Å². The van der Waals surface area contributed by atoms with Crippen molar-refractivity contribution in [3.8, 4) is 11.8 Å². The fourth-order valence-corrected chi connectivity index (χ4v) is 3.26. The number of hydrogen-bond donors (Lipinski definition) is 2. The standard InChI is InChI=1S/C19H14N4O2/c20-11-14-15(12-7-3-1-4-8-12)16-17(21-18(14)24)22-23(19(16)25)13-9-5-2-6-10-13/h1-10,14-15,22H,(H,21,24)/t14-,15+/m1/s1. The van der Waals surface area contributed by atoms with Crippen molar-refractivity contribution in [2.75, 3.05) is 5.32 Å². The molecule has 1 amide bonds. The number of carbonyl (C=O) groups is 1. The zero-order chi connectivity index (χ0) is 17.4. The molecule has 2 heterocycles. The topological polar surface area (TPSA) is 90.7 Å². The van der Waals surface area contributed by atoms with E-state index in [4.69, 9.17) is 0 Å². The molecule has 0 saturated carbocycles. The number of para-hydroxylation sites is 1. The molecule has 0 saturated heterocycles. The predicted octanol–water partition coefficient (Wildman–Crippen LogP) is 2.39. The molecule has 122 valence electrons. The molecule has 0 unspecified atom stereocenters. The second kappa shape index (κ2) is 5.80. The molecule has 1 aliphatic heterocycles. The highest BCUT2D eigenvalue weighted by Gasteiger charge is 2.40. The van der Waals surface area contributed by atoms with Gasteiger partial charge in [0.2, 0.25) is 5.91 Å². The minimum Gasteiger partial charge on any atom is -0.310 e. The van der Waals surface area contributed by atoms with Crippen LogP contribution in [0.15, 0.2) is 65.5 Å². The summed E-state index contributed by atoms with van der Waals surface area (Å²) in [4.78, 5) is 25.4. The molecule has 25 heavy (non-hydrogen) atoms. The van der Waals surface area contributed by atoms with E-state index in [0.717, 1.165) is 5.56 Å². The van der Waals surface area contributed by atoms with Gasteiger partial charge in [-0.3, -0.25) is 14.7 Å². The van der Waals surface area contributed by atoms with E-state index in [1.165, 1.54) is 4.68 Å². The Kier molecular flexibility index (Phi) is 3.47. The summed E-state index contributed by atoms with van der Waals surface area (Å²) in [5.41, 5.74) is 1.56. The highest BCUT2D eigenvalue weighted by molar-refractivity contribution is 5.97. The Bertz CT molecular complexity index is 1030. The Morgan fingerprint density at radius 2 is 1.60 bits per heavy atom. The number of aromatic amines is 1. The average Bonchev–Trinajstić information content (AvgIpc) is 2.98. The molecule has 2 N–H and O–H groups in total. The predicted molar refractivity (Wildman–Crippen MR) is 92.4 cm³/mol. The minimum atomic E-state index is -0.956. The van der Waals surface area contributed by atoms with Gasteiger partial charge in [0, 0.05) is 5.92 Å². The molecule has 0 bridgehead atoms. The third kappa shape index (κ3) is 2.34. The lowest BCUT2D eigenvalue weighted by atomic mass is 9.79. The van der Waals surface area contributed by atoms with Crippen LogP contribution in [0, 0.1) is 17.2 Å². The number of nitrogens with zero attached hydrogens (tertiary/aromatic N) is 2. The van der Waals surface area contributed by atoms with Gasteiger partial charge in [0.1, 0.15) is 11.7 Å². The highest BCUT2D eigenvalue weighted by Crippen LogP contribution is 2.38. The van der Waals surface area contributed by atoms with E-state index in [1.54, 1.807) is 12.1 Å². The lowest BCUT2D eigenvalue weighted by Crippen LogP contribution is -2.35. The van der Waals surface area contributed by atoms with Crippen molar-refractivity contribution < 1.29 is 4.79 Å². The molecular weight excluding hydrogens is 316 g/mol. The number of hydrogen-bond acceptors (Lipinski definition) is 3. The molecule has 1 aliphatic rings. The van der Waals surface area contributed by atoms with Crippen LogP contribution in [0.1, 0.15) is 17.0 Å². The summed E-state index contributed by atoms with van der Waals surface area (Å²) >= 11 is 0. The van der Waals surface area contributed by atoms with Crippen LogP contribution in [0.4, 0.5) is 5.82 Å². The zero-order valence-electron chi connectivity index (χ0n) is 13.1. The molecule has 0 aliphatic carbocycles. The quantitative estimate of drug-likeness (QED) is 0.756. The molecule has 6 nitrogen and oxygen atoms in total. The van der Waals surface area contributed by atoms with E-state index in [9.17, 15) is 14.9 Å². The first-order valence-corrected chi connectivity index (χ1v) is 7.86. The van der Waals surface area contributed by atoms with E-state index in [-0.39, 0.29) is 5.56 Å². The van der Waals surface area contributed by atoms with E-state index in [0.29, 0.717) is 17.1 Å². The van der Waals surface area contributed by atoms with Gasteiger partial charge in [0.15, 0.2) is 0 Å². The Morgan fingerprint density at radius 1 is 0.960 bits per heavy atom. The van der Waals surface area contributed by atoms with Crippen LogP contribution in [0.3, 0.4) is 0 Å². The Labute approximate surface area is 143 Å². The van der Waals surface area contributed by atoms with Gasteiger partial charge in [-0.25, -0.2) is 4.68 Å². The van der Waals surface area contributed by atoms with E-state index in [2.05, 4.69) is 10.4 Å². The Morgan fingerprint density at radius 3 is 2.24 bits per heavy atom. The second-order valence-corrected chi connectivity index (χ2v) is 5.86. The normalized spacial score (nSPS) is 18.9. The second-order valence-electron chi connectivity index (χ2n) is 5.86. The van der Waals surface area contributed by atoms with Crippen molar-refractivity contribution in [2.24, 2.45) is 5.92 Å². The largest absolute Gasteiger partial charge is 0.310 e. The summed E-state index contributed by atoms with van der Waals surface area (Å²) in [6, 6.07) is 20.3.